The molecule has 7 nitrogen and oxygen atoms in total. The zero-order chi connectivity index (χ0) is 9.84. The van der Waals surface area contributed by atoms with Crippen molar-refractivity contribution in [3.8, 4) is 0 Å². The van der Waals surface area contributed by atoms with Crippen molar-refractivity contribution in [1.29, 1.82) is 0 Å². The van der Waals surface area contributed by atoms with Crippen molar-refractivity contribution in [1.82, 2.24) is 5.16 Å². The number of hydrogen-bond donors (Lipinski definition) is 2. The Balaban J connectivity index is 2.59. The molecule has 1 atom stereocenters. The van der Waals surface area contributed by atoms with Gasteiger partial charge in [-0.15, -0.1) is 0 Å². The zero-order valence-corrected chi connectivity index (χ0v) is 7.17. The molecule has 0 aliphatic heterocycles. The first kappa shape index (κ1) is 9.68. The quantitative estimate of drug-likeness (QED) is 0.608. The molecule has 1 unspecified atom stereocenters. The normalized spacial score (nSPS) is 12.4. The van der Waals surface area contributed by atoms with E-state index in [1.54, 1.807) is 0 Å². The van der Waals surface area contributed by atoms with E-state index in [4.69, 9.17) is 5.73 Å². The molecule has 1 aromatic heterocycles. The van der Waals surface area contributed by atoms with Gasteiger partial charge < -0.3 is 20.1 Å². The molecule has 0 bridgehead atoms. The van der Waals surface area contributed by atoms with Gasteiger partial charge in [-0.25, -0.2) is 0 Å². The Morgan fingerprint density at radius 3 is 3.00 bits per heavy atom. The summed E-state index contributed by atoms with van der Waals surface area (Å²) in [6.07, 6.45) is 0. The molecule has 0 saturated heterocycles. The Morgan fingerprint density at radius 1 is 1.85 bits per heavy atom. The second-order valence-corrected chi connectivity index (χ2v) is 2.96. The van der Waals surface area contributed by atoms with E-state index < -0.39 is 17.0 Å². The lowest BCUT2D eigenvalue weighted by Gasteiger charge is -2.03. The highest BCUT2D eigenvalue weighted by Gasteiger charge is 2.07. The van der Waals surface area contributed by atoms with Gasteiger partial charge >= 0.3 is 0 Å². The summed E-state index contributed by atoms with van der Waals surface area (Å²) >= 11 is -2.23. The monoisotopic (exact) mass is 204 g/mol. The van der Waals surface area contributed by atoms with Crippen LogP contribution in [0.2, 0.25) is 0 Å². The lowest BCUT2D eigenvalue weighted by Crippen LogP contribution is -2.09. The fourth-order valence-electron chi connectivity index (χ4n) is 0.608. The fourth-order valence-corrected chi connectivity index (χ4v) is 0.873. The summed E-state index contributed by atoms with van der Waals surface area (Å²) in [6, 6.07) is 1.22. The average Bonchev–Trinajstić information content (AvgIpc) is 2.48. The van der Waals surface area contributed by atoms with E-state index in [0.717, 1.165) is 0 Å². The molecule has 1 aromatic rings. The number of primary amides is 1. The van der Waals surface area contributed by atoms with Gasteiger partial charge in [0.15, 0.2) is 5.82 Å². The summed E-state index contributed by atoms with van der Waals surface area (Å²) in [6.45, 7) is 0. The minimum Gasteiger partial charge on any atom is -0.771 e. The van der Waals surface area contributed by atoms with Gasteiger partial charge in [-0.1, -0.05) is 5.16 Å². The number of carbonyl (C=O) groups is 1. The van der Waals surface area contributed by atoms with Crippen LogP contribution in [-0.2, 0) is 11.1 Å². The second-order valence-electron chi connectivity index (χ2n) is 2.07. The Morgan fingerprint density at radius 2 is 2.54 bits per heavy atom. The Hall–Kier alpha value is -1.41. The van der Waals surface area contributed by atoms with E-state index in [9.17, 15) is 13.6 Å². The van der Waals surface area contributed by atoms with Crippen LogP contribution < -0.4 is 11.1 Å². The molecular weight excluding hydrogens is 198 g/mol. The highest BCUT2D eigenvalue weighted by Crippen LogP contribution is 2.07. The molecule has 0 radical (unpaired) electrons. The van der Waals surface area contributed by atoms with Crippen molar-refractivity contribution in [3.05, 3.63) is 11.8 Å². The van der Waals surface area contributed by atoms with Crippen molar-refractivity contribution in [2.45, 2.75) is 0 Å². The Bertz CT molecular complexity index is 336. The first-order valence-electron chi connectivity index (χ1n) is 3.16. The van der Waals surface area contributed by atoms with Crippen LogP contribution in [0, 0.1) is 0 Å². The number of nitrogens with two attached hydrogens (primary N) is 1. The molecule has 0 aliphatic rings. The van der Waals surface area contributed by atoms with Crippen molar-refractivity contribution in [3.63, 3.8) is 0 Å². The number of rotatable bonds is 4. The van der Waals surface area contributed by atoms with Gasteiger partial charge in [0.2, 0.25) is 5.76 Å². The van der Waals surface area contributed by atoms with Crippen LogP contribution in [0.3, 0.4) is 0 Å². The molecule has 1 heterocycles. The van der Waals surface area contributed by atoms with Gasteiger partial charge in [-0.2, -0.15) is 0 Å². The predicted molar refractivity (Wildman–Crippen MR) is 42.4 cm³/mol. The lowest BCUT2D eigenvalue weighted by atomic mass is 10.4. The molecule has 0 aliphatic carbocycles. The van der Waals surface area contributed by atoms with E-state index >= 15 is 0 Å². The average molecular weight is 204 g/mol. The van der Waals surface area contributed by atoms with Crippen molar-refractivity contribution < 1.29 is 18.1 Å². The third kappa shape index (κ3) is 2.84. The predicted octanol–water partition coefficient (Wildman–Crippen LogP) is -0.978. The van der Waals surface area contributed by atoms with E-state index in [1.165, 1.54) is 6.07 Å². The largest absolute Gasteiger partial charge is 0.771 e. The molecule has 1 rings (SSSR count). The van der Waals surface area contributed by atoms with Crippen LogP contribution >= 0.6 is 0 Å². The van der Waals surface area contributed by atoms with Crippen LogP contribution in [0.5, 0.6) is 0 Å². The minimum atomic E-state index is -2.23. The van der Waals surface area contributed by atoms with Crippen molar-refractivity contribution in [2.75, 3.05) is 11.2 Å². The summed E-state index contributed by atoms with van der Waals surface area (Å²) in [5.74, 6) is -1.04. The Labute approximate surface area is 75.6 Å². The maximum Gasteiger partial charge on any atom is 0.287 e. The molecule has 8 heteroatoms. The molecule has 0 aromatic carbocycles. The fraction of sp³-hybridized carbons (Fsp3) is 0.200. The number of carbonyl (C=O) groups excluding carboxylic acids is 1. The molecule has 1 amide bonds. The van der Waals surface area contributed by atoms with Crippen LogP contribution in [0.1, 0.15) is 10.6 Å². The number of nitrogens with one attached hydrogen (secondary N) is 1. The van der Waals surface area contributed by atoms with Crippen LogP contribution in [-0.4, -0.2) is 25.7 Å². The van der Waals surface area contributed by atoms with Crippen molar-refractivity contribution in [2.24, 2.45) is 5.73 Å². The van der Waals surface area contributed by atoms with Crippen LogP contribution in [0.4, 0.5) is 5.82 Å². The van der Waals surface area contributed by atoms with E-state index in [1.807, 2.05) is 0 Å². The summed E-state index contributed by atoms with van der Waals surface area (Å²) in [7, 11) is 0. The molecule has 72 valence electrons. The highest BCUT2D eigenvalue weighted by atomic mass is 32.2. The third-order valence-corrected chi connectivity index (χ3v) is 1.50. The lowest BCUT2D eigenvalue weighted by molar-refractivity contribution is 0.0965. The molecular formula is C5H6N3O4S-. The number of amides is 1. The smallest absolute Gasteiger partial charge is 0.287 e. The molecule has 0 saturated carbocycles. The van der Waals surface area contributed by atoms with Gasteiger partial charge in [0.25, 0.3) is 5.91 Å². The van der Waals surface area contributed by atoms with Crippen LogP contribution in [0.15, 0.2) is 10.6 Å². The van der Waals surface area contributed by atoms with E-state index in [-0.39, 0.29) is 17.5 Å². The number of aromatic nitrogens is 1. The van der Waals surface area contributed by atoms with Gasteiger partial charge in [0, 0.05) is 6.07 Å². The summed E-state index contributed by atoms with van der Waals surface area (Å²) in [5.41, 5.74) is 4.86. The van der Waals surface area contributed by atoms with Gasteiger partial charge in [0.1, 0.15) is 0 Å². The number of hydrogen-bond acceptors (Lipinski definition) is 6. The van der Waals surface area contributed by atoms with Gasteiger partial charge in [0.05, 0.1) is 5.88 Å². The third-order valence-electron chi connectivity index (χ3n) is 1.12. The molecule has 0 spiro atoms. The SMILES string of the molecule is NC(=O)c1cc(NCS(=O)[O-])no1. The van der Waals surface area contributed by atoms with E-state index in [0.29, 0.717) is 0 Å². The maximum atomic E-state index is 10.5. The first-order valence-corrected chi connectivity index (χ1v) is 4.40. The summed E-state index contributed by atoms with van der Waals surface area (Å²) < 4.78 is 24.7. The standard InChI is InChI=1S/C5H7N3O4S/c6-5(9)3-1-4(8-12-3)7-2-13(10)11/h1H,2H2,(H2,6,9)(H,7,8)(H,10,11)/p-1. The van der Waals surface area contributed by atoms with Gasteiger partial charge in [-0.05, 0) is 11.1 Å². The molecule has 3 N–H and O–H groups in total. The molecule has 0 fully saturated rings. The topological polar surface area (TPSA) is 121 Å². The van der Waals surface area contributed by atoms with Crippen molar-refractivity contribution >= 4 is 22.8 Å². The Kier molecular flexibility index (Phi) is 2.98. The molecule has 13 heavy (non-hydrogen) atoms. The van der Waals surface area contributed by atoms with E-state index in [2.05, 4.69) is 15.0 Å². The summed E-state index contributed by atoms with van der Waals surface area (Å²) in [4.78, 5) is 10.5. The second kappa shape index (κ2) is 4.01. The number of anilines is 1. The highest BCUT2D eigenvalue weighted by molar-refractivity contribution is 7.79. The maximum absolute atomic E-state index is 10.5. The number of nitrogens with zero attached hydrogens (tertiary/aromatic N) is 1. The van der Waals surface area contributed by atoms with Crippen LogP contribution in [0.25, 0.3) is 0 Å². The van der Waals surface area contributed by atoms with Gasteiger partial charge in [-0.3, -0.25) is 9.00 Å². The zero-order valence-electron chi connectivity index (χ0n) is 6.35. The first-order chi connectivity index (χ1) is 6.09. The minimum absolute atomic E-state index is 0.126. The summed E-state index contributed by atoms with van der Waals surface area (Å²) in [5, 5.41) is 5.74.